The van der Waals surface area contributed by atoms with Crippen molar-refractivity contribution in [2.24, 2.45) is 0 Å². The summed E-state index contributed by atoms with van der Waals surface area (Å²) in [5, 5.41) is 9.55. The Morgan fingerprint density at radius 3 is 2.68 bits per heavy atom. The summed E-state index contributed by atoms with van der Waals surface area (Å²) in [7, 11) is -1.71. The van der Waals surface area contributed by atoms with Crippen molar-refractivity contribution in [3.63, 3.8) is 0 Å². The molecule has 1 saturated heterocycles. The van der Waals surface area contributed by atoms with Gasteiger partial charge in [0.05, 0.1) is 11.5 Å². The van der Waals surface area contributed by atoms with Crippen LogP contribution in [0.25, 0.3) is 0 Å². The van der Waals surface area contributed by atoms with Crippen LogP contribution in [0.2, 0.25) is 0 Å². The quantitative estimate of drug-likeness (QED) is 0.872. The maximum atomic E-state index is 13.6. The molecule has 0 radical (unpaired) electrons. The lowest BCUT2D eigenvalue weighted by atomic mass is 10.1. The normalized spacial score (nSPS) is 21.3. The lowest BCUT2D eigenvalue weighted by molar-refractivity contribution is 0.0739. The van der Waals surface area contributed by atoms with Gasteiger partial charge in [-0.2, -0.15) is 0 Å². The molecule has 19 heavy (non-hydrogen) atoms. The highest BCUT2D eigenvalue weighted by Crippen LogP contribution is 2.24. The number of carbonyl (C=O) groups is 1. The summed E-state index contributed by atoms with van der Waals surface area (Å²) < 4.78 is 36.3. The van der Waals surface area contributed by atoms with Gasteiger partial charge < -0.3 is 10.0 Å². The molecule has 0 aliphatic carbocycles. The van der Waals surface area contributed by atoms with E-state index in [-0.39, 0.29) is 11.5 Å². The molecule has 1 fully saturated rings. The Bertz CT molecular complexity index is 594. The average molecular weight is 287 g/mol. The molecule has 1 aliphatic heterocycles. The Labute approximate surface area is 110 Å². The van der Waals surface area contributed by atoms with Gasteiger partial charge in [0.15, 0.2) is 9.84 Å². The number of phenols is 1. The fourth-order valence-corrected chi connectivity index (χ4v) is 3.92. The minimum Gasteiger partial charge on any atom is -0.507 e. The highest BCUT2D eigenvalue weighted by Gasteiger charge is 2.34. The molecule has 1 atom stereocenters. The highest BCUT2D eigenvalue weighted by atomic mass is 32.2. The van der Waals surface area contributed by atoms with Gasteiger partial charge in [0.1, 0.15) is 17.1 Å². The van der Waals surface area contributed by atoms with E-state index in [1.54, 1.807) is 0 Å². The van der Waals surface area contributed by atoms with E-state index in [9.17, 15) is 22.7 Å². The number of sulfone groups is 1. The van der Waals surface area contributed by atoms with E-state index < -0.39 is 38.9 Å². The van der Waals surface area contributed by atoms with Gasteiger partial charge >= 0.3 is 0 Å². The van der Waals surface area contributed by atoms with E-state index >= 15 is 0 Å². The second kappa shape index (κ2) is 4.80. The molecule has 104 valence electrons. The summed E-state index contributed by atoms with van der Waals surface area (Å²) in [4.78, 5) is 13.3. The number of hydrogen-bond acceptors (Lipinski definition) is 4. The molecule has 1 N–H and O–H groups in total. The number of aromatic hydroxyl groups is 1. The first-order chi connectivity index (χ1) is 8.82. The van der Waals surface area contributed by atoms with E-state index in [1.165, 1.54) is 24.1 Å². The molecule has 1 unspecified atom stereocenters. The van der Waals surface area contributed by atoms with Crippen molar-refractivity contribution in [1.29, 1.82) is 0 Å². The molecule has 0 bridgehead atoms. The average Bonchev–Trinajstić information content (AvgIpc) is 2.68. The van der Waals surface area contributed by atoms with E-state index in [0.717, 1.165) is 6.07 Å². The zero-order valence-electron chi connectivity index (χ0n) is 10.3. The highest BCUT2D eigenvalue weighted by molar-refractivity contribution is 7.91. The van der Waals surface area contributed by atoms with Crippen LogP contribution in [0.15, 0.2) is 18.2 Å². The smallest absolute Gasteiger partial charge is 0.260 e. The third-order valence-corrected chi connectivity index (χ3v) is 5.03. The van der Waals surface area contributed by atoms with Crippen molar-refractivity contribution in [1.82, 2.24) is 4.90 Å². The van der Waals surface area contributed by atoms with Crippen molar-refractivity contribution in [2.45, 2.75) is 12.5 Å². The summed E-state index contributed by atoms with van der Waals surface area (Å²) in [5.41, 5.74) is -0.422. The zero-order valence-corrected chi connectivity index (χ0v) is 11.2. The van der Waals surface area contributed by atoms with Gasteiger partial charge in [-0.3, -0.25) is 4.79 Å². The molecule has 0 spiro atoms. The first-order valence-corrected chi connectivity index (χ1v) is 7.59. The number of hydrogen-bond donors (Lipinski definition) is 1. The van der Waals surface area contributed by atoms with Gasteiger partial charge in [-0.15, -0.1) is 0 Å². The van der Waals surface area contributed by atoms with Gasteiger partial charge in [0, 0.05) is 13.1 Å². The summed E-state index contributed by atoms with van der Waals surface area (Å²) in [6.07, 6.45) is 0.333. The largest absolute Gasteiger partial charge is 0.507 e. The number of amides is 1. The van der Waals surface area contributed by atoms with E-state index in [1.807, 2.05) is 0 Å². The van der Waals surface area contributed by atoms with Crippen LogP contribution in [0.5, 0.6) is 5.75 Å². The van der Waals surface area contributed by atoms with Gasteiger partial charge in [-0.1, -0.05) is 6.07 Å². The molecule has 5 nitrogen and oxygen atoms in total. The van der Waals surface area contributed by atoms with E-state index in [2.05, 4.69) is 0 Å². The van der Waals surface area contributed by atoms with E-state index in [4.69, 9.17) is 0 Å². The molecule has 1 aromatic rings. The van der Waals surface area contributed by atoms with Gasteiger partial charge in [-0.05, 0) is 18.6 Å². The monoisotopic (exact) mass is 287 g/mol. The number of nitrogens with zero attached hydrogens (tertiary/aromatic N) is 1. The van der Waals surface area contributed by atoms with Crippen LogP contribution in [0, 0.1) is 5.82 Å². The topological polar surface area (TPSA) is 74.7 Å². The van der Waals surface area contributed by atoms with Crippen LogP contribution in [-0.2, 0) is 9.84 Å². The summed E-state index contributed by atoms with van der Waals surface area (Å²) in [5.74, 6) is -2.07. The van der Waals surface area contributed by atoms with Crippen LogP contribution >= 0.6 is 0 Å². The Balaban J connectivity index is 2.25. The number of benzene rings is 1. The Hall–Kier alpha value is -1.63. The van der Waals surface area contributed by atoms with Crippen molar-refractivity contribution in [3.8, 4) is 5.75 Å². The lowest BCUT2D eigenvalue weighted by Gasteiger charge is -2.23. The third-order valence-electron chi connectivity index (χ3n) is 3.28. The van der Waals surface area contributed by atoms with Crippen molar-refractivity contribution in [3.05, 3.63) is 29.6 Å². The van der Waals surface area contributed by atoms with Crippen molar-refractivity contribution >= 4 is 15.7 Å². The minimum absolute atomic E-state index is 0.0263. The predicted molar refractivity (Wildman–Crippen MR) is 67.2 cm³/mol. The zero-order chi connectivity index (χ0) is 14.2. The molecule has 2 rings (SSSR count). The van der Waals surface area contributed by atoms with Gasteiger partial charge in [-0.25, -0.2) is 12.8 Å². The standard InChI is InChI=1S/C12H14FNO4S/c1-14(8-5-6-19(17,18)7-8)12(16)11-9(13)3-2-4-10(11)15/h2-4,8,15H,5-7H2,1H3. The molecular weight excluding hydrogens is 273 g/mol. The minimum atomic E-state index is -3.13. The summed E-state index contributed by atoms with van der Waals surface area (Å²) in [6.45, 7) is 0. The Morgan fingerprint density at radius 2 is 2.16 bits per heavy atom. The summed E-state index contributed by atoms with van der Waals surface area (Å²) in [6, 6.07) is 3.11. The molecule has 1 heterocycles. The van der Waals surface area contributed by atoms with Crippen molar-refractivity contribution in [2.75, 3.05) is 18.6 Å². The molecule has 1 aromatic carbocycles. The fraction of sp³-hybridized carbons (Fsp3) is 0.417. The second-order valence-corrected chi connectivity index (χ2v) is 6.84. The number of phenolic OH excluding ortho intramolecular Hbond substituents is 1. The van der Waals surface area contributed by atoms with Crippen LogP contribution in [0.3, 0.4) is 0 Å². The first-order valence-electron chi connectivity index (χ1n) is 5.77. The van der Waals surface area contributed by atoms with E-state index in [0.29, 0.717) is 6.42 Å². The molecule has 1 aliphatic rings. The molecule has 0 saturated carbocycles. The molecule has 0 aromatic heterocycles. The Kier molecular flexibility index (Phi) is 3.49. The predicted octanol–water partition coefficient (Wildman–Crippen LogP) is 0.790. The summed E-state index contributed by atoms with van der Waals surface area (Å²) >= 11 is 0. The van der Waals surface area contributed by atoms with Crippen molar-refractivity contribution < 1.29 is 22.7 Å². The van der Waals surface area contributed by atoms with Crippen LogP contribution in [-0.4, -0.2) is 48.9 Å². The second-order valence-electron chi connectivity index (χ2n) is 4.61. The van der Waals surface area contributed by atoms with Crippen LogP contribution < -0.4 is 0 Å². The number of rotatable bonds is 2. The number of halogens is 1. The fourth-order valence-electron chi connectivity index (χ4n) is 2.15. The molecule has 7 heteroatoms. The van der Waals surface area contributed by atoms with Gasteiger partial charge in [0.2, 0.25) is 0 Å². The van der Waals surface area contributed by atoms with Crippen LogP contribution in [0.1, 0.15) is 16.8 Å². The maximum absolute atomic E-state index is 13.6. The Morgan fingerprint density at radius 1 is 1.47 bits per heavy atom. The van der Waals surface area contributed by atoms with Gasteiger partial charge in [0.25, 0.3) is 5.91 Å². The maximum Gasteiger partial charge on any atom is 0.260 e. The van der Waals surface area contributed by atoms with Crippen LogP contribution in [0.4, 0.5) is 4.39 Å². The SMILES string of the molecule is CN(C(=O)c1c(O)cccc1F)C1CCS(=O)(=O)C1. The lowest BCUT2D eigenvalue weighted by Crippen LogP contribution is -2.38. The molecule has 1 amide bonds. The molecular formula is C12H14FNO4S. The first kappa shape index (κ1) is 13.8. The number of carbonyl (C=O) groups excluding carboxylic acids is 1. The third kappa shape index (κ3) is 2.70.